The lowest BCUT2D eigenvalue weighted by molar-refractivity contribution is -0.137. The Kier molecular flexibility index (Phi) is 5.95. The van der Waals surface area contributed by atoms with Gasteiger partial charge in [0, 0.05) is 29.1 Å². The summed E-state index contributed by atoms with van der Waals surface area (Å²) in [6.07, 6.45) is 2.03. The molecule has 0 atom stereocenters. The van der Waals surface area contributed by atoms with Crippen molar-refractivity contribution in [2.24, 2.45) is 0 Å². The van der Waals surface area contributed by atoms with Gasteiger partial charge in [-0.2, -0.15) is 0 Å². The summed E-state index contributed by atoms with van der Waals surface area (Å²) < 4.78 is 7.23. The van der Waals surface area contributed by atoms with E-state index in [1.165, 1.54) is 16.7 Å². The van der Waals surface area contributed by atoms with Crippen molar-refractivity contribution in [3.63, 3.8) is 0 Å². The minimum atomic E-state index is -0.887. The van der Waals surface area contributed by atoms with Crippen LogP contribution in [0, 0.1) is 0 Å². The molecule has 1 saturated heterocycles. The SMILES string of the molecule is O=C(O)CCCN1C(=O)/C(=C/c2ccc(-c3ccc(Br)cc3)o2)SC1=S. The van der Waals surface area contributed by atoms with Crippen LogP contribution in [-0.4, -0.2) is 32.7 Å². The number of thiocarbonyl (C=S) groups is 1. The monoisotopic (exact) mass is 451 g/mol. The number of thioether (sulfide) groups is 1. The van der Waals surface area contributed by atoms with E-state index in [2.05, 4.69) is 15.9 Å². The van der Waals surface area contributed by atoms with Gasteiger partial charge in [-0.05, 0) is 30.7 Å². The standard InChI is InChI=1S/C18H14BrNO4S2/c19-12-5-3-11(4-6-12)14-8-7-13(24-14)10-15-17(23)20(18(25)26-15)9-1-2-16(21)22/h3-8,10H,1-2,9H2,(H,21,22)/b15-10-. The molecule has 1 aliphatic heterocycles. The van der Waals surface area contributed by atoms with Gasteiger partial charge in [0.25, 0.3) is 5.91 Å². The maximum absolute atomic E-state index is 12.5. The Morgan fingerprint density at radius 2 is 2.00 bits per heavy atom. The van der Waals surface area contributed by atoms with Crippen LogP contribution < -0.4 is 0 Å². The summed E-state index contributed by atoms with van der Waals surface area (Å²) in [5.41, 5.74) is 0.939. The lowest BCUT2D eigenvalue weighted by Crippen LogP contribution is -2.29. The van der Waals surface area contributed by atoms with Gasteiger partial charge in [-0.25, -0.2) is 0 Å². The molecule has 0 bridgehead atoms. The van der Waals surface area contributed by atoms with E-state index >= 15 is 0 Å². The van der Waals surface area contributed by atoms with Crippen LogP contribution in [0.25, 0.3) is 17.4 Å². The number of benzene rings is 1. The first kappa shape index (κ1) is 18.9. The number of rotatable bonds is 6. The van der Waals surface area contributed by atoms with Crippen LogP contribution in [0.5, 0.6) is 0 Å². The smallest absolute Gasteiger partial charge is 0.303 e. The van der Waals surface area contributed by atoms with Crippen molar-refractivity contribution in [1.29, 1.82) is 0 Å². The Morgan fingerprint density at radius 3 is 2.69 bits per heavy atom. The fourth-order valence-corrected chi connectivity index (χ4v) is 3.96. The third-order valence-electron chi connectivity index (χ3n) is 3.67. The van der Waals surface area contributed by atoms with Gasteiger partial charge in [0.1, 0.15) is 15.8 Å². The molecule has 1 amide bonds. The predicted molar refractivity (Wildman–Crippen MR) is 109 cm³/mol. The van der Waals surface area contributed by atoms with E-state index in [9.17, 15) is 9.59 Å². The zero-order valence-electron chi connectivity index (χ0n) is 13.5. The topological polar surface area (TPSA) is 70.8 Å². The van der Waals surface area contributed by atoms with E-state index < -0.39 is 5.97 Å². The number of halogens is 1. The second-order valence-corrected chi connectivity index (χ2v) is 8.13. The summed E-state index contributed by atoms with van der Waals surface area (Å²) in [5, 5.41) is 8.71. The number of hydrogen-bond acceptors (Lipinski definition) is 5. The molecule has 5 nitrogen and oxygen atoms in total. The highest BCUT2D eigenvalue weighted by Gasteiger charge is 2.31. The highest BCUT2D eigenvalue weighted by atomic mass is 79.9. The minimum Gasteiger partial charge on any atom is -0.481 e. The van der Waals surface area contributed by atoms with Gasteiger partial charge in [-0.15, -0.1) is 0 Å². The van der Waals surface area contributed by atoms with Crippen LogP contribution in [0.15, 0.2) is 50.2 Å². The van der Waals surface area contributed by atoms with E-state index in [-0.39, 0.29) is 12.3 Å². The van der Waals surface area contributed by atoms with Crippen molar-refractivity contribution in [2.45, 2.75) is 12.8 Å². The third kappa shape index (κ3) is 4.44. The molecule has 1 aromatic carbocycles. The highest BCUT2D eigenvalue weighted by molar-refractivity contribution is 9.10. The molecule has 3 rings (SSSR count). The van der Waals surface area contributed by atoms with E-state index in [0.29, 0.717) is 33.7 Å². The number of furan rings is 1. The number of carboxylic acid groups (broad SMARTS) is 1. The van der Waals surface area contributed by atoms with Crippen LogP contribution in [-0.2, 0) is 9.59 Å². The van der Waals surface area contributed by atoms with Gasteiger partial charge >= 0.3 is 5.97 Å². The molecular weight excluding hydrogens is 438 g/mol. The molecule has 1 N–H and O–H groups in total. The number of amides is 1. The molecule has 26 heavy (non-hydrogen) atoms. The van der Waals surface area contributed by atoms with Crippen molar-refractivity contribution >= 4 is 62.2 Å². The molecule has 2 aromatic rings. The van der Waals surface area contributed by atoms with Crippen molar-refractivity contribution < 1.29 is 19.1 Å². The summed E-state index contributed by atoms with van der Waals surface area (Å²) >= 11 is 9.82. The molecule has 134 valence electrons. The van der Waals surface area contributed by atoms with Crippen molar-refractivity contribution in [3.05, 3.63) is 51.5 Å². The van der Waals surface area contributed by atoms with Crippen molar-refractivity contribution in [1.82, 2.24) is 4.90 Å². The summed E-state index contributed by atoms with van der Waals surface area (Å²) in [6, 6.07) is 11.4. The maximum Gasteiger partial charge on any atom is 0.303 e. The average molecular weight is 452 g/mol. The molecule has 0 unspecified atom stereocenters. The maximum atomic E-state index is 12.5. The molecule has 1 aromatic heterocycles. The summed E-state index contributed by atoms with van der Waals surface area (Å²) in [6.45, 7) is 0.302. The van der Waals surface area contributed by atoms with Crippen LogP contribution >= 0.6 is 39.9 Å². The average Bonchev–Trinajstić information content (AvgIpc) is 3.15. The lowest BCUT2D eigenvalue weighted by atomic mass is 10.2. The minimum absolute atomic E-state index is 0.00480. The van der Waals surface area contributed by atoms with Gasteiger partial charge in [0.15, 0.2) is 0 Å². The van der Waals surface area contributed by atoms with E-state index in [0.717, 1.165) is 10.0 Å². The first-order valence-electron chi connectivity index (χ1n) is 7.77. The van der Waals surface area contributed by atoms with Crippen LogP contribution in [0.4, 0.5) is 0 Å². The number of aliphatic carboxylic acids is 1. The molecule has 0 saturated carbocycles. The molecule has 8 heteroatoms. The first-order valence-corrected chi connectivity index (χ1v) is 9.79. The number of carbonyl (C=O) groups is 2. The summed E-state index contributed by atoms with van der Waals surface area (Å²) in [5.74, 6) is 0.170. The highest BCUT2D eigenvalue weighted by Crippen LogP contribution is 2.34. The number of carboxylic acids is 1. The zero-order chi connectivity index (χ0) is 18.7. The molecule has 1 aliphatic rings. The first-order chi connectivity index (χ1) is 12.4. The Balaban J connectivity index is 1.72. The fraction of sp³-hybridized carbons (Fsp3) is 0.167. The normalized spacial score (nSPS) is 15.9. The van der Waals surface area contributed by atoms with Gasteiger partial charge < -0.3 is 9.52 Å². The van der Waals surface area contributed by atoms with E-state index in [4.69, 9.17) is 21.7 Å². The quantitative estimate of drug-likeness (QED) is 0.503. The summed E-state index contributed by atoms with van der Waals surface area (Å²) in [4.78, 5) is 25.0. The molecule has 0 radical (unpaired) electrons. The molecular formula is C18H14BrNO4S2. The predicted octanol–water partition coefficient (Wildman–Crippen LogP) is 4.78. The summed E-state index contributed by atoms with van der Waals surface area (Å²) in [7, 11) is 0. The van der Waals surface area contributed by atoms with Gasteiger partial charge in [-0.1, -0.05) is 52.0 Å². The largest absolute Gasteiger partial charge is 0.481 e. The molecule has 0 spiro atoms. The Bertz CT molecular complexity index is 889. The Hall–Kier alpha value is -1.90. The van der Waals surface area contributed by atoms with Crippen molar-refractivity contribution in [2.75, 3.05) is 6.54 Å². The number of carbonyl (C=O) groups excluding carboxylic acids is 1. The van der Waals surface area contributed by atoms with Crippen LogP contribution in [0.3, 0.4) is 0 Å². The van der Waals surface area contributed by atoms with Gasteiger partial charge in [-0.3, -0.25) is 14.5 Å². The molecule has 0 aliphatic carbocycles. The van der Waals surface area contributed by atoms with Gasteiger partial charge in [0.05, 0.1) is 4.91 Å². The molecule has 1 fully saturated rings. The zero-order valence-corrected chi connectivity index (χ0v) is 16.7. The second-order valence-electron chi connectivity index (χ2n) is 5.54. The van der Waals surface area contributed by atoms with Gasteiger partial charge in [0.2, 0.25) is 0 Å². The van der Waals surface area contributed by atoms with Crippen LogP contribution in [0.1, 0.15) is 18.6 Å². The van der Waals surface area contributed by atoms with E-state index in [1.807, 2.05) is 30.3 Å². The Morgan fingerprint density at radius 1 is 1.27 bits per heavy atom. The Labute approximate surface area is 168 Å². The van der Waals surface area contributed by atoms with Crippen LogP contribution in [0.2, 0.25) is 0 Å². The molecule has 2 heterocycles. The van der Waals surface area contributed by atoms with E-state index in [1.54, 1.807) is 12.1 Å². The number of nitrogens with zero attached hydrogens (tertiary/aromatic N) is 1. The second kappa shape index (κ2) is 8.20. The fourth-order valence-electron chi connectivity index (χ4n) is 2.41. The number of hydrogen-bond donors (Lipinski definition) is 1. The van der Waals surface area contributed by atoms with Crippen molar-refractivity contribution in [3.8, 4) is 11.3 Å². The lowest BCUT2D eigenvalue weighted by Gasteiger charge is -2.13. The third-order valence-corrected chi connectivity index (χ3v) is 5.58.